The highest BCUT2D eigenvalue weighted by Crippen LogP contribution is 2.03. The minimum atomic E-state index is -0.356. The van der Waals surface area contributed by atoms with Gasteiger partial charge >= 0.3 is 0 Å². The van der Waals surface area contributed by atoms with E-state index in [1.807, 2.05) is 6.92 Å². The second-order valence-electron chi connectivity index (χ2n) is 1.15. The number of hydrogen-bond donors (Lipinski definition) is 2. The largest absolute Gasteiger partial charge is 0.381 e. The molecule has 4 heteroatoms. The van der Waals surface area contributed by atoms with E-state index in [4.69, 9.17) is 10.8 Å². The van der Waals surface area contributed by atoms with Crippen molar-refractivity contribution in [1.29, 1.82) is 0 Å². The molecule has 0 aliphatic rings. The Hall–Kier alpha value is 0.560. The summed E-state index contributed by atoms with van der Waals surface area (Å²) in [7, 11) is 0. The zero-order valence-corrected chi connectivity index (χ0v) is 6.47. The van der Waals surface area contributed by atoms with Crippen LogP contribution >= 0.6 is 24.2 Å². The van der Waals surface area contributed by atoms with Crippen molar-refractivity contribution in [3.05, 3.63) is 0 Å². The number of aliphatic hydroxyl groups excluding tert-OH is 1. The second kappa shape index (κ2) is 7.56. The molecule has 0 bridgehead atoms. The summed E-state index contributed by atoms with van der Waals surface area (Å²) in [4.78, 5) is 0. The first-order valence-electron chi connectivity index (χ1n) is 2.31. The summed E-state index contributed by atoms with van der Waals surface area (Å²) in [5.74, 6) is 0.929. The van der Waals surface area contributed by atoms with Crippen LogP contribution < -0.4 is 5.73 Å². The predicted octanol–water partition coefficient (Wildman–Crippen LogP) is 0.438. The smallest absolute Gasteiger partial charge is 0.111 e. The molecule has 0 aliphatic carbocycles. The Kier molecular flexibility index (Phi) is 10.7. The van der Waals surface area contributed by atoms with E-state index in [1.165, 1.54) is 11.8 Å². The Bertz CT molecular complexity index is 47.0. The van der Waals surface area contributed by atoms with E-state index < -0.39 is 0 Å². The fraction of sp³-hybridized carbons (Fsp3) is 1.00. The molecule has 1 unspecified atom stereocenters. The van der Waals surface area contributed by atoms with Crippen molar-refractivity contribution in [3.63, 3.8) is 0 Å². The van der Waals surface area contributed by atoms with Crippen LogP contribution in [0.15, 0.2) is 0 Å². The molecule has 8 heavy (non-hydrogen) atoms. The number of thioether (sulfide) groups is 1. The number of rotatable bonds is 3. The van der Waals surface area contributed by atoms with Crippen molar-refractivity contribution in [1.82, 2.24) is 0 Å². The van der Waals surface area contributed by atoms with Crippen LogP contribution in [0, 0.1) is 0 Å². The fourth-order valence-electron chi connectivity index (χ4n) is 0.260. The highest BCUT2D eigenvalue weighted by molar-refractivity contribution is 7.99. The Labute approximate surface area is 60.2 Å². The summed E-state index contributed by atoms with van der Waals surface area (Å²) in [5.41, 5.74) is 4.73. The maximum atomic E-state index is 8.70. The standard InChI is InChI=1S/C4H11NOS.ClH/c1-2-7-4(6)3-5;/h4,6H,2-3,5H2,1H3;1H. The Morgan fingerprint density at radius 1 is 1.75 bits per heavy atom. The third-order valence-corrected chi connectivity index (χ3v) is 1.47. The van der Waals surface area contributed by atoms with Crippen molar-refractivity contribution < 1.29 is 5.11 Å². The fourth-order valence-corrected chi connectivity index (χ4v) is 0.781. The maximum Gasteiger partial charge on any atom is 0.111 e. The second-order valence-corrected chi connectivity index (χ2v) is 2.60. The van der Waals surface area contributed by atoms with Gasteiger partial charge in [-0.05, 0) is 5.75 Å². The summed E-state index contributed by atoms with van der Waals surface area (Å²) < 4.78 is 0. The normalized spacial score (nSPS) is 12.4. The average molecular weight is 158 g/mol. The first kappa shape index (κ1) is 11.4. The molecule has 0 aliphatic heterocycles. The van der Waals surface area contributed by atoms with Gasteiger partial charge in [-0.15, -0.1) is 24.2 Å². The lowest BCUT2D eigenvalue weighted by molar-refractivity contribution is 0.271. The van der Waals surface area contributed by atoms with Gasteiger partial charge in [-0.3, -0.25) is 0 Å². The monoisotopic (exact) mass is 157 g/mol. The predicted molar refractivity (Wildman–Crippen MR) is 40.4 cm³/mol. The van der Waals surface area contributed by atoms with Gasteiger partial charge in [0.05, 0.1) is 0 Å². The molecule has 0 radical (unpaired) electrons. The Balaban J connectivity index is 0. The molecule has 0 saturated carbocycles. The molecule has 0 aromatic heterocycles. The summed E-state index contributed by atoms with van der Waals surface area (Å²) in [6.45, 7) is 2.35. The molecular weight excluding hydrogens is 146 g/mol. The van der Waals surface area contributed by atoms with Crippen LogP contribution in [0.25, 0.3) is 0 Å². The summed E-state index contributed by atoms with van der Waals surface area (Å²) in [6, 6.07) is 0. The third kappa shape index (κ3) is 6.56. The van der Waals surface area contributed by atoms with E-state index in [0.717, 1.165) is 5.75 Å². The lowest BCUT2D eigenvalue weighted by atomic mass is 10.7. The first-order chi connectivity index (χ1) is 3.31. The van der Waals surface area contributed by atoms with Gasteiger partial charge in [-0.2, -0.15) is 0 Å². The van der Waals surface area contributed by atoms with Crippen LogP contribution in [0.2, 0.25) is 0 Å². The average Bonchev–Trinajstić information content (AvgIpc) is 1.68. The van der Waals surface area contributed by atoms with Gasteiger partial charge in [-0.1, -0.05) is 6.92 Å². The van der Waals surface area contributed by atoms with Crippen LogP contribution in [0.4, 0.5) is 0 Å². The zero-order chi connectivity index (χ0) is 5.70. The van der Waals surface area contributed by atoms with E-state index in [9.17, 15) is 0 Å². The lowest BCUT2D eigenvalue weighted by Gasteiger charge is -2.01. The van der Waals surface area contributed by atoms with Crippen LogP contribution in [0.3, 0.4) is 0 Å². The van der Waals surface area contributed by atoms with Crippen LogP contribution in [-0.2, 0) is 0 Å². The van der Waals surface area contributed by atoms with Crippen LogP contribution in [-0.4, -0.2) is 22.8 Å². The minimum absolute atomic E-state index is 0. The van der Waals surface area contributed by atoms with Gasteiger partial charge in [0, 0.05) is 6.54 Å². The Morgan fingerprint density at radius 3 is 2.38 bits per heavy atom. The molecule has 0 aromatic carbocycles. The SMILES string of the molecule is CCSC(O)CN.Cl. The number of nitrogens with two attached hydrogens (primary N) is 1. The molecule has 52 valence electrons. The molecule has 0 amide bonds. The maximum absolute atomic E-state index is 8.70. The van der Waals surface area contributed by atoms with Crippen molar-refractivity contribution >= 4 is 24.2 Å². The van der Waals surface area contributed by atoms with Crippen molar-refractivity contribution in [2.24, 2.45) is 5.73 Å². The summed E-state index contributed by atoms with van der Waals surface area (Å²) >= 11 is 1.46. The highest BCUT2D eigenvalue weighted by Gasteiger charge is 1.95. The number of hydrogen-bond acceptors (Lipinski definition) is 3. The molecule has 3 N–H and O–H groups in total. The quantitative estimate of drug-likeness (QED) is 0.585. The van der Waals surface area contributed by atoms with Crippen molar-refractivity contribution in [2.45, 2.75) is 12.4 Å². The summed E-state index contributed by atoms with van der Waals surface area (Å²) in [5, 5.41) is 8.70. The van der Waals surface area contributed by atoms with Crippen molar-refractivity contribution in [3.8, 4) is 0 Å². The molecule has 2 nitrogen and oxygen atoms in total. The lowest BCUT2D eigenvalue weighted by Crippen LogP contribution is -2.15. The van der Waals surface area contributed by atoms with Gasteiger partial charge < -0.3 is 10.8 Å². The molecule has 1 atom stereocenters. The zero-order valence-electron chi connectivity index (χ0n) is 4.83. The Morgan fingerprint density at radius 2 is 2.25 bits per heavy atom. The topological polar surface area (TPSA) is 46.2 Å². The molecular formula is C4H12ClNOS. The first-order valence-corrected chi connectivity index (χ1v) is 3.35. The highest BCUT2D eigenvalue weighted by atomic mass is 35.5. The molecule has 0 aromatic rings. The summed E-state index contributed by atoms with van der Waals surface area (Å²) in [6.07, 6.45) is 0. The minimum Gasteiger partial charge on any atom is -0.381 e. The van der Waals surface area contributed by atoms with E-state index in [-0.39, 0.29) is 17.8 Å². The van der Waals surface area contributed by atoms with Gasteiger partial charge in [0.15, 0.2) is 0 Å². The molecule has 0 saturated heterocycles. The van der Waals surface area contributed by atoms with Crippen molar-refractivity contribution in [2.75, 3.05) is 12.3 Å². The van der Waals surface area contributed by atoms with Gasteiger partial charge in [0.2, 0.25) is 0 Å². The number of halogens is 1. The third-order valence-electron chi connectivity index (χ3n) is 0.561. The molecule has 0 fully saturated rings. The van der Waals surface area contributed by atoms with Gasteiger partial charge in [0.25, 0.3) is 0 Å². The number of aliphatic hydroxyl groups is 1. The van der Waals surface area contributed by atoms with Gasteiger partial charge in [-0.25, -0.2) is 0 Å². The van der Waals surface area contributed by atoms with Crippen LogP contribution in [0.5, 0.6) is 0 Å². The van der Waals surface area contributed by atoms with E-state index in [2.05, 4.69) is 0 Å². The van der Waals surface area contributed by atoms with E-state index in [0.29, 0.717) is 6.54 Å². The van der Waals surface area contributed by atoms with E-state index in [1.54, 1.807) is 0 Å². The molecule has 0 rings (SSSR count). The molecule has 0 heterocycles. The molecule has 0 spiro atoms. The van der Waals surface area contributed by atoms with Gasteiger partial charge in [0.1, 0.15) is 5.44 Å². The van der Waals surface area contributed by atoms with Crippen LogP contribution in [0.1, 0.15) is 6.92 Å². The van der Waals surface area contributed by atoms with E-state index >= 15 is 0 Å².